The van der Waals surface area contributed by atoms with Gasteiger partial charge in [-0.25, -0.2) is 0 Å². The number of benzene rings is 1. The lowest BCUT2D eigenvalue weighted by Gasteiger charge is -2.29. The molecule has 0 aliphatic heterocycles. The molecule has 1 aromatic carbocycles. The van der Waals surface area contributed by atoms with Gasteiger partial charge in [0, 0.05) is 18.0 Å². The summed E-state index contributed by atoms with van der Waals surface area (Å²) in [6.07, 6.45) is 6.91. The Bertz CT molecular complexity index is 710. The van der Waals surface area contributed by atoms with Gasteiger partial charge >= 0.3 is 0 Å². The van der Waals surface area contributed by atoms with Gasteiger partial charge in [0.1, 0.15) is 0 Å². The van der Waals surface area contributed by atoms with E-state index in [1.165, 1.54) is 0 Å². The standard InChI is InChI=1S/C15H16N4OS/c16-14(21)15(5-1-2-6-15)19-13(20)10-3-4-11-12(9-10)18-8-7-17-11/h3-4,7-9H,1-2,5-6H2,(H2,16,21)(H,19,20). The van der Waals surface area contributed by atoms with Gasteiger partial charge in [-0.2, -0.15) is 0 Å². The van der Waals surface area contributed by atoms with Crippen LogP contribution in [0.3, 0.4) is 0 Å². The number of fused-ring (bicyclic) bond motifs is 1. The summed E-state index contributed by atoms with van der Waals surface area (Å²) in [4.78, 5) is 21.3. The Morgan fingerprint density at radius 3 is 2.52 bits per heavy atom. The molecule has 0 saturated heterocycles. The Morgan fingerprint density at radius 1 is 1.19 bits per heavy atom. The third-order valence-electron chi connectivity index (χ3n) is 4.01. The van der Waals surface area contributed by atoms with Crippen molar-refractivity contribution in [2.24, 2.45) is 5.73 Å². The molecule has 6 heteroatoms. The number of carbonyl (C=O) groups is 1. The maximum absolute atomic E-state index is 12.5. The van der Waals surface area contributed by atoms with E-state index in [1.54, 1.807) is 30.6 Å². The summed E-state index contributed by atoms with van der Waals surface area (Å²) in [6.45, 7) is 0. The number of amides is 1. The Morgan fingerprint density at radius 2 is 1.86 bits per heavy atom. The zero-order chi connectivity index (χ0) is 14.9. The molecule has 21 heavy (non-hydrogen) atoms. The highest BCUT2D eigenvalue weighted by Gasteiger charge is 2.38. The van der Waals surface area contributed by atoms with Crippen LogP contribution in [-0.4, -0.2) is 26.4 Å². The molecule has 1 aliphatic rings. The Kier molecular flexibility index (Phi) is 3.55. The summed E-state index contributed by atoms with van der Waals surface area (Å²) in [5, 5.41) is 3.02. The molecule has 3 N–H and O–H groups in total. The SMILES string of the molecule is NC(=S)C1(NC(=O)c2ccc3nccnc3c2)CCCC1. The molecule has 1 saturated carbocycles. The number of aromatic nitrogens is 2. The summed E-state index contributed by atoms with van der Waals surface area (Å²) in [5.41, 5.74) is 7.31. The monoisotopic (exact) mass is 300 g/mol. The van der Waals surface area contributed by atoms with E-state index in [9.17, 15) is 4.79 Å². The number of hydrogen-bond donors (Lipinski definition) is 2. The van der Waals surface area contributed by atoms with Crippen molar-refractivity contribution < 1.29 is 4.79 Å². The van der Waals surface area contributed by atoms with Crippen molar-refractivity contribution in [2.75, 3.05) is 0 Å². The van der Waals surface area contributed by atoms with Crippen LogP contribution in [-0.2, 0) is 0 Å². The van der Waals surface area contributed by atoms with E-state index in [4.69, 9.17) is 18.0 Å². The van der Waals surface area contributed by atoms with Gasteiger partial charge in [-0.3, -0.25) is 14.8 Å². The fourth-order valence-corrected chi connectivity index (χ4v) is 3.06. The number of carbonyl (C=O) groups excluding carboxylic acids is 1. The van der Waals surface area contributed by atoms with Gasteiger partial charge in [-0.05, 0) is 31.0 Å². The Labute approximate surface area is 128 Å². The van der Waals surface area contributed by atoms with E-state index in [2.05, 4.69) is 15.3 Å². The first-order valence-corrected chi connectivity index (χ1v) is 7.35. The van der Waals surface area contributed by atoms with Crippen molar-refractivity contribution in [3.63, 3.8) is 0 Å². The van der Waals surface area contributed by atoms with Gasteiger partial charge in [0.2, 0.25) is 0 Å². The van der Waals surface area contributed by atoms with Gasteiger partial charge < -0.3 is 11.1 Å². The molecule has 3 rings (SSSR count). The first-order chi connectivity index (χ1) is 10.1. The van der Waals surface area contributed by atoms with Crippen LogP contribution in [0.25, 0.3) is 11.0 Å². The summed E-state index contributed by atoms with van der Waals surface area (Å²) >= 11 is 5.15. The van der Waals surface area contributed by atoms with Crippen LogP contribution in [0.2, 0.25) is 0 Å². The third kappa shape index (κ3) is 2.58. The van der Waals surface area contributed by atoms with E-state index in [0.717, 1.165) is 31.2 Å². The predicted molar refractivity (Wildman–Crippen MR) is 85.0 cm³/mol. The van der Waals surface area contributed by atoms with E-state index in [1.807, 2.05) is 0 Å². The molecule has 108 valence electrons. The van der Waals surface area contributed by atoms with E-state index in [-0.39, 0.29) is 5.91 Å². The molecule has 1 amide bonds. The molecule has 0 atom stereocenters. The van der Waals surface area contributed by atoms with Crippen molar-refractivity contribution in [3.05, 3.63) is 36.2 Å². The second-order valence-electron chi connectivity index (χ2n) is 5.37. The van der Waals surface area contributed by atoms with Gasteiger partial charge in [-0.1, -0.05) is 25.1 Å². The van der Waals surface area contributed by atoms with Crippen molar-refractivity contribution in [1.29, 1.82) is 0 Å². The molecule has 0 spiro atoms. The maximum atomic E-state index is 12.5. The molecule has 0 radical (unpaired) electrons. The fourth-order valence-electron chi connectivity index (χ4n) is 2.81. The van der Waals surface area contributed by atoms with Crippen molar-refractivity contribution in [3.8, 4) is 0 Å². The molecule has 1 fully saturated rings. The topological polar surface area (TPSA) is 80.9 Å². The average molecular weight is 300 g/mol. The molecule has 1 aliphatic carbocycles. The minimum Gasteiger partial charge on any atom is -0.391 e. The number of nitrogens with one attached hydrogen (secondary N) is 1. The Hall–Kier alpha value is -2.08. The third-order valence-corrected chi connectivity index (χ3v) is 4.40. The van der Waals surface area contributed by atoms with E-state index >= 15 is 0 Å². The Balaban J connectivity index is 1.88. The number of hydrogen-bond acceptors (Lipinski definition) is 4. The van der Waals surface area contributed by atoms with E-state index < -0.39 is 5.54 Å². The number of rotatable bonds is 3. The van der Waals surface area contributed by atoms with E-state index in [0.29, 0.717) is 16.1 Å². The van der Waals surface area contributed by atoms with Crippen LogP contribution in [0.4, 0.5) is 0 Å². The van der Waals surface area contributed by atoms with Gasteiger partial charge in [0.25, 0.3) is 5.91 Å². The highest BCUT2D eigenvalue weighted by Crippen LogP contribution is 2.30. The largest absolute Gasteiger partial charge is 0.391 e. The lowest BCUT2D eigenvalue weighted by Crippen LogP contribution is -2.54. The van der Waals surface area contributed by atoms with Gasteiger partial charge in [0.05, 0.1) is 21.6 Å². The van der Waals surface area contributed by atoms with Crippen molar-refractivity contribution in [2.45, 2.75) is 31.2 Å². The summed E-state index contributed by atoms with van der Waals surface area (Å²) in [7, 11) is 0. The summed E-state index contributed by atoms with van der Waals surface area (Å²) < 4.78 is 0. The lowest BCUT2D eigenvalue weighted by atomic mass is 9.97. The second kappa shape index (κ2) is 5.37. The molecule has 1 heterocycles. The van der Waals surface area contributed by atoms with Crippen LogP contribution in [0.15, 0.2) is 30.6 Å². The quantitative estimate of drug-likeness (QED) is 0.847. The normalized spacial score (nSPS) is 16.8. The molecular formula is C15H16N4OS. The van der Waals surface area contributed by atoms with Crippen LogP contribution in [0, 0.1) is 0 Å². The first kappa shape index (κ1) is 13.9. The van der Waals surface area contributed by atoms with Crippen molar-refractivity contribution >= 4 is 34.1 Å². The predicted octanol–water partition coefficient (Wildman–Crippen LogP) is 1.96. The van der Waals surface area contributed by atoms with Crippen LogP contribution in [0.5, 0.6) is 0 Å². The molecule has 0 bridgehead atoms. The maximum Gasteiger partial charge on any atom is 0.252 e. The van der Waals surface area contributed by atoms with Gasteiger partial charge in [0.15, 0.2) is 0 Å². The molecule has 5 nitrogen and oxygen atoms in total. The molecule has 0 unspecified atom stereocenters. The summed E-state index contributed by atoms with van der Waals surface area (Å²) in [5.74, 6) is -0.169. The van der Waals surface area contributed by atoms with Crippen LogP contribution >= 0.6 is 12.2 Å². The van der Waals surface area contributed by atoms with Crippen LogP contribution < -0.4 is 11.1 Å². The molecular weight excluding hydrogens is 284 g/mol. The number of thiocarbonyl (C=S) groups is 1. The highest BCUT2D eigenvalue weighted by molar-refractivity contribution is 7.80. The average Bonchev–Trinajstić information content (AvgIpc) is 2.96. The second-order valence-corrected chi connectivity index (χ2v) is 5.81. The summed E-state index contributed by atoms with van der Waals surface area (Å²) in [6, 6.07) is 5.27. The number of nitrogens with two attached hydrogens (primary N) is 1. The molecule has 2 aromatic rings. The molecule has 1 aromatic heterocycles. The zero-order valence-electron chi connectivity index (χ0n) is 11.5. The first-order valence-electron chi connectivity index (χ1n) is 6.94. The lowest BCUT2D eigenvalue weighted by molar-refractivity contribution is 0.0924. The zero-order valence-corrected chi connectivity index (χ0v) is 12.3. The van der Waals surface area contributed by atoms with Crippen molar-refractivity contribution in [1.82, 2.24) is 15.3 Å². The minimum absolute atomic E-state index is 0.169. The van der Waals surface area contributed by atoms with Gasteiger partial charge in [-0.15, -0.1) is 0 Å². The van der Waals surface area contributed by atoms with Crippen LogP contribution in [0.1, 0.15) is 36.0 Å². The smallest absolute Gasteiger partial charge is 0.252 e. The minimum atomic E-state index is -0.538. The highest BCUT2D eigenvalue weighted by atomic mass is 32.1. The number of nitrogens with zero attached hydrogens (tertiary/aromatic N) is 2. The fraction of sp³-hybridized carbons (Fsp3) is 0.333.